The summed E-state index contributed by atoms with van der Waals surface area (Å²) in [5, 5.41) is 0.276. The zero-order valence-electron chi connectivity index (χ0n) is 12.0. The molecule has 5 nitrogen and oxygen atoms in total. The molecular weight excluding hydrogens is 288 g/mol. The van der Waals surface area contributed by atoms with Crippen LogP contribution < -0.4 is 10.6 Å². The summed E-state index contributed by atoms with van der Waals surface area (Å²) in [5.41, 5.74) is 6.91. The quantitative estimate of drug-likeness (QED) is 0.855. The first-order valence-corrected chi connectivity index (χ1v) is 6.90. The highest BCUT2D eigenvalue weighted by Crippen LogP contribution is 2.24. The molecule has 0 radical (unpaired) electrons. The molecule has 0 fully saturated rings. The average Bonchev–Trinajstić information content (AvgIpc) is 2.42. The molecule has 0 bridgehead atoms. The number of hydrogen-bond acceptors (Lipinski definition) is 4. The van der Waals surface area contributed by atoms with Crippen LogP contribution in [0.4, 0.5) is 5.82 Å². The Morgan fingerprint density at radius 2 is 1.90 bits per heavy atom. The summed E-state index contributed by atoms with van der Waals surface area (Å²) in [6.07, 6.45) is 0.607. The van der Waals surface area contributed by atoms with E-state index in [-0.39, 0.29) is 11.6 Å². The van der Waals surface area contributed by atoms with Crippen molar-refractivity contribution in [3.05, 3.63) is 52.4 Å². The van der Waals surface area contributed by atoms with Gasteiger partial charge in [0.1, 0.15) is 16.8 Å². The van der Waals surface area contributed by atoms with Crippen molar-refractivity contribution in [3.8, 4) is 0 Å². The van der Waals surface area contributed by atoms with Crippen LogP contribution in [0.1, 0.15) is 17.0 Å². The number of carbonyl (C=O) groups excluding carboxylic acids is 1. The maximum Gasteiger partial charge on any atom is 0.222 e. The molecule has 1 aromatic carbocycles. The number of aromatic nitrogens is 2. The molecule has 0 aliphatic heterocycles. The van der Waals surface area contributed by atoms with Gasteiger partial charge in [0.05, 0.1) is 6.42 Å². The van der Waals surface area contributed by atoms with Crippen LogP contribution in [-0.2, 0) is 17.6 Å². The van der Waals surface area contributed by atoms with E-state index >= 15 is 0 Å². The van der Waals surface area contributed by atoms with E-state index in [1.807, 2.05) is 44.4 Å². The van der Waals surface area contributed by atoms with E-state index in [0.29, 0.717) is 23.6 Å². The second kappa shape index (κ2) is 6.54. The number of carbonyl (C=O) groups is 1. The van der Waals surface area contributed by atoms with E-state index < -0.39 is 5.91 Å². The molecule has 0 aliphatic rings. The molecule has 21 heavy (non-hydrogen) atoms. The molecule has 1 heterocycles. The lowest BCUT2D eigenvalue weighted by molar-refractivity contribution is -0.117. The molecule has 0 saturated heterocycles. The van der Waals surface area contributed by atoms with Gasteiger partial charge in [0.15, 0.2) is 0 Å². The van der Waals surface area contributed by atoms with Gasteiger partial charge in [-0.3, -0.25) is 4.79 Å². The largest absolute Gasteiger partial charge is 0.369 e. The van der Waals surface area contributed by atoms with Crippen molar-refractivity contribution >= 4 is 23.3 Å². The molecular formula is C15H17ClN4O. The second-order valence-corrected chi connectivity index (χ2v) is 5.29. The van der Waals surface area contributed by atoms with Crippen molar-refractivity contribution in [3.63, 3.8) is 0 Å². The van der Waals surface area contributed by atoms with Gasteiger partial charge in [-0.1, -0.05) is 41.9 Å². The lowest BCUT2D eigenvalue weighted by atomic mass is 10.1. The summed E-state index contributed by atoms with van der Waals surface area (Å²) in [6.45, 7) is 0. The number of amides is 1. The van der Waals surface area contributed by atoms with E-state index in [0.717, 1.165) is 5.56 Å². The summed E-state index contributed by atoms with van der Waals surface area (Å²) in [7, 11) is 3.69. The van der Waals surface area contributed by atoms with Crippen LogP contribution in [0, 0.1) is 0 Å². The van der Waals surface area contributed by atoms with Gasteiger partial charge in [0, 0.05) is 26.1 Å². The minimum Gasteiger partial charge on any atom is -0.369 e. The minimum absolute atomic E-state index is 0.0258. The summed E-state index contributed by atoms with van der Waals surface area (Å²) < 4.78 is 0. The average molecular weight is 305 g/mol. The Morgan fingerprint density at radius 1 is 1.24 bits per heavy atom. The molecule has 0 atom stereocenters. The predicted octanol–water partition coefficient (Wildman–Crippen LogP) is 1.81. The second-order valence-electron chi connectivity index (χ2n) is 4.93. The summed E-state index contributed by atoms with van der Waals surface area (Å²) in [5.74, 6) is 0.780. The Balaban J connectivity index is 2.39. The summed E-state index contributed by atoms with van der Waals surface area (Å²) in [6, 6.07) is 9.89. The van der Waals surface area contributed by atoms with Crippen LogP contribution in [-0.4, -0.2) is 30.0 Å². The van der Waals surface area contributed by atoms with Crippen molar-refractivity contribution in [1.29, 1.82) is 0 Å². The van der Waals surface area contributed by atoms with E-state index in [2.05, 4.69) is 9.97 Å². The fraction of sp³-hybridized carbons (Fsp3) is 0.267. The highest BCUT2D eigenvalue weighted by atomic mass is 35.5. The van der Waals surface area contributed by atoms with Gasteiger partial charge >= 0.3 is 0 Å². The van der Waals surface area contributed by atoms with Crippen LogP contribution in [0.25, 0.3) is 0 Å². The first kappa shape index (κ1) is 15.3. The van der Waals surface area contributed by atoms with Crippen molar-refractivity contribution in [2.24, 2.45) is 5.73 Å². The zero-order chi connectivity index (χ0) is 15.4. The molecule has 2 N–H and O–H groups in total. The first-order valence-electron chi connectivity index (χ1n) is 6.52. The zero-order valence-corrected chi connectivity index (χ0v) is 12.8. The molecule has 110 valence electrons. The van der Waals surface area contributed by atoms with E-state index in [4.69, 9.17) is 17.3 Å². The van der Waals surface area contributed by atoms with Crippen LogP contribution in [0.3, 0.4) is 0 Å². The van der Waals surface area contributed by atoms with Gasteiger partial charge in [-0.2, -0.15) is 0 Å². The monoisotopic (exact) mass is 304 g/mol. The lowest BCUT2D eigenvalue weighted by Crippen LogP contribution is -2.20. The van der Waals surface area contributed by atoms with Gasteiger partial charge in [-0.15, -0.1) is 0 Å². The van der Waals surface area contributed by atoms with Crippen LogP contribution in [0.15, 0.2) is 30.3 Å². The fourth-order valence-corrected chi connectivity index (χ4v) is 2.29. The highest BCUT2D eigenvalue weighted by Gasteiger charge is 2.16. The number of nitrogens with two attached hydrogens (primary N) is 1. The molecule has 2 aromatic rings. The van der Waals surface area contributed by atoms with Gasteiger partial charge in [0.25, 0.3) is 0 Å². The standard InChI is InChI=1S/C15H17ClN4O/c1-20(2)15-11(9-12(17)21)14(16)18-13(19-15)8-10-6-4-3-5-7-10/h3-7H,8-9H2,1-2H3,(H2,17,21). The van der Waals surface area contributed by atoms with E-state index in [9.17, 15) is 4.79 Å². The molecule has 0 spiro atoms. The Labute approximate surface area is 128 Å². The minimum atomic E-state index is -0.459. The van der Waals surface area contributed by atoms with Crippen molar-refractivity contribution < 1.29 is 4.79 Å². The van der Waals surface area contributed by atoms with Crippen LogP contribution >= 0.6 is 11.6 Å². The van der Waals surface area contributed by atoms with Crippen molar-refractivity contribution in [2.45, 2.75) is 12.8 Å². The predicted molar refractivity (Wildman–Crippen MR) is 83.5 cm³/mol. The Kier molecular flexibility index (Phi) is 4.75. The lowest BCUT2D eigenvalue weighted by Gasteiger charge is -2.17. The van der Waals surface area contributed by atoms with Gasteiger partial charge in [-0.25, -0.2) is 9.97 Å². The molecule has 2 rings (SSSR count). The maximum atomic E-state index is 11.2. The Morgan fingerprint density at radius 3 is 2.48 bits per heavy atom. The third kappa shape index (κ3) is 3.92. The summed E-state index contributed by atoms with van der Waals surface area (Å²) >= 11 is 6.20. The van der Waals surface area contributed by atoms with Crippen molar-refractivity contribution in [1.82, 2.24) is 9.97 Å². The van der Waals surface area contributed by atoms with Gasteiger partial charge in [-0.05, 0) is 5.56 Å². The van der Waals surface area contributed by atoms with Gasteiger partial charge in [0.2, 0.25) is 5.91 Å². The molecule has 0 saturated carbocycles. The number of rotatable bonds is 5. The van der Waals surface area contributed by atoms with E-state index in [1.54, 1.807) is 4.90 Å². The van der Waals surface area contributed by atoms with E-state index in [1.165, 1.54) is 0 Å². The number of halogens is 1. The fourth-order valence-electron chi connectivity index (χ4n) is 2.04. The number of primary amides is 1. The Bertz CT molecular complexity index is 644. The molecule has 0 unspecified atom stereocenters. The molecule has 1 amide bonds. The van der Waals surface area contributed by atoms with Crippen LogP contribution in [0.5, 0.6) is 0 Å². The third-order valence-corrected chi connectivity index (χ3v) is 3.27. The van der Waals surface area contributed by atoms with Gasteiger partial charge < -0.3 is 10.6 Å². The third-order valence-electron chi connectivity index (χ3n) is 2.96. The smallest absolute Gasteiger partial charge is 0.222 e. The topological polar surface area (TPSA) is 72.1 Å². The molecule has 6 heteroatoms. The normalized spacial score (nSPS) is 10.4. The Hall–Kier alpha value is -2.14. The SMILES string of the molecule is CN(C)c1nc(Cc2ccccc2)nc(Cl)c1CC(N)=O. The number of hydrogen-bond donors (Lipinski definition) is 1. The molecule has 1 aromatic heterocycles. The number of benzene rings is 1. The number of anilines is 1. The van der Waals surface area contributed by atoms with Crippen molar-refractivity contribution in [2.75, 3.05) is 19.0 Å². The first-order chi connectivity index (χ1) is 9.97. The van der Waals surface area contributed by atoms with Crippen LogP contribution in [0.2, 0.25) is 5.15 Å². The molecule has 0 aliphatic carbocycles. The highest BCUT2D eigenvalue weighted by molar-refractivity contribution is 6.30. The number of nitrogens with zero attached hydrogens (tertiary/aromatic N) is 3. The maximum absolute atomic E-state index is 11.2. The summed E-state index contributed by atoms with van der Waals surface area (Å²) in [4.78, 5) is 21.8.